The number of nitrogens with zero attached hydrogens (tertiary/aromatic N) is 3. The van der Waals surface area contributed by atoms with Crippen molar-refractivity contribution < 1.29 is 26.3 Å². The fourth-order valence-electron chi connectivity index (χ4n) is 3.64. The summed E-state index contributed by atoms with van der Waals surface area (Å²) in [7, 11) is 0. The Labute approximate surface area is 163 Å². The minimum atomic E-state index is 0. The summed E-state index contributed by atoms with van der Waals surface area (Å²) in [5.41, 5.74) is 3.75. The molecule has 0 N–H and O–H groups in total. The van der Waals surface area contributed by atoms with E-state index in [9.17, 15) is 0 Å². The molecule has 0 amide bonds. The third kappa shape index (κ3) is 3.65. The number of fused-ring (bicyclic) bond motifs is 2. The molecule has 1 aromatic rings. The van der Waals surface area contributed by atoms with Crippen LogP contribution in [0, 0.1) is 0 Å². The summed E-state index contributed by atoms with van der Waals surface area (Å²) >= 11 is 0. The van der Waals surface area contributed by atoms with Crippen molar-refractivity contribution in [3.8, 4) is 11.5 Å². The summed E-state index contributed by atoms with van der Waals surface area (Å²) < 4.78 is 19.4. The van der Waals surface area contributed by atoms with E-state index >= 15 is 0 Å². The predicted molar refractivity (Wildman–Crippen MR) is 99.5 cm³/mol. The van der Waals surface area contributed by atoms with E-state index in [2.05, 4.69) is 33.7 Å². The summed E-state index contributed by atoms with van der Waals surface area (Å²) in [6, 6.07) is 12.5. The molecule has 0 atom stereocenters. The number of halogens is 1. The average molecular weight is 388 g/mol. The molecule has 1 aliphatic carbocycles. The molecule has 1 aromatic carbocycles. The van der Waals surface area contributed by atoms with E-state index in [1.807, 2.05) is 12.1 Å². The highest BCUT2D eigenvalue weighted by molar-refractivity contribution is 5.80. The maximum absolute atomic E-state index is 6.23. The van der Waals surface area contributed by atoms with Gasteiger partial charge in [-0.05, 0) is 18.2 Å². The van der Waals surface area contributed by atoms with Gasteiger partial charge in [-0.2, -0.15) is 0 Å². The van der Waals surface area contributed by atoms with Crippen LogP contribution in [0.3, 0.4) is 0 Å². The second-order valence-corrected chi connectivity index (χ2v) is 6.72. The summed E-state index contributed by atoms with van der Waals surface area (Å²) in [5.74, 6) is 0.820. The maximum Gasteiger partial charge on any atom is 0.203 e. The Hall–Kier alpha value is -2.15. The van der Waals surface area contributed by atoms with E-state index in [-0.39, 0.29) is 12.4 Å². The standard InChI is InChI=1S/C20H22N3O3.ClH/c1-3-17-19(13-15(1)22-5-9-24-10-6-22)26-20-14-16(2-4-18(20)21-17)23-7-11-25-12-8-23;/h1-4,13-14H,5-12H2;1H/q+1;/p-1. The lowest BCUT2D eigenvalue weighted by Gasteiger charge is -2.28. The summed E-state index contributed by atoms with van der Waals surface area (Å²) in [6.45, 7) is 6.73. The van der Waals surface area contributed by atoms with Crippen LogP contribution >= 0.6 is 0 Å². The van der Waals surface area contributed by atoms with Gasteiger partial charge < -0.3 is 31.2 Å². The first-order valence-electron chi connectivity index (χ1n) is 9.20. The van der Waals surface area contributed by atoms with Crippen LogP contribution in [-0.2, 0) is 9.47 Å². The van der Waals surface area contributed by atoms with Crippen molar-refractivity contribution in [1.82, 2.24) is 9.56 Å². The topological polar surface area (TPSA) is 50.7 Å². The van der Waals surface area contributed by atoms with Gasteiger partial charge in [0.2, 0.25) is 5.36 Å². The monoisotopic (exact) mass is 387 g/mol. The quantitative estimate of drug-likeness (QED) is 0.379. The molecule has 0 spiro atoms. The molecule has 6 nitrogen and oxygen atoms in total. The predicted octanol–water partition coefficient (Wildman–Crippen LogP) is -1.42. The second kappa shape index (κ2) is 7.84. The van der Waals surface area contributed by atoms with Gasteiger partial charge in [-0.3, -0.25) is 0 Å². The molecule has 3 aliphatic heterocycles. The van der Waals surface area contributed by atoms with E-state index in [0.717, 1.165) is 86.2 Å². The van der Waals surface area contributed by atoms with E-state index in [4.69, 9.17) is 18.9 Å². The van der Waals surface area contributed by atoms with Crippen LogP contribution in [0.2, 0.25) is 0 Å². The Kier molecular flexibility index (Phi) is 5.29. The zero-order chi connectivity index (χ0) is 17.3. The van der Waals surface area contributed by atoms with Crippen LogP contribution in [-0.4, -0.2) is 57.6 Å². The molecule has 4 aliphatic rings. The minimum absolute atomic E-state index is 0. The molecule has 0 saturated carbocycles. The van der Waals surface area contributed by atoms with E-state index in [1.165, 1.54) is 0 Å². The van der Waals surface area contributed by atoms with Crippen LogP contribution in [0.25, 0.3) is 22.6 Å². The van der Waals surface area contributed by atoms with Gasteiger partial charge in [0.25, 0.3) is 0 Å². The van der Waals surface area contributed by atoms with Gasteiger partial charge in [0.05, 0.1) is 19.3 Å². The number of hydrogen-bond donors (Lipinski definition) is 0. The van der Waals surface area contributed by atoms with Gasteiger partial charge in [0, 0.05) is 30.9 Å². The fourth-order valence-corrected chi connectivity index (χ4v) is 3.64. The summed E-state index contributed by atoms with van der Waals surface area (Å²) in [6.07, 6.45) is 0. The van der Waals surface area contributed by atoms with Crippen LogP contribution < -0.4 is 27.2 Å². The molecule has 0 radical (unpaired) electrons. The Morgan fingerprint density at radius 3 is 2.48 bits per heavy atom. The Bertz CT molecular complexity index is 974. The fraction of sp³-hybridized carbons (Fsp3) is 0.400. The Morgan fingerprint density at radius 2 is 1.67 bits per heavy atom. The first kappa shape index (κ1) is 18.2. The minimum Gasteiger partial charge on any atom is -1.00 e. The molecule has 0 aromatic heterocycles. The van der Waals surface area contributed by atoms with Crippen molar-refractivity contribution in [3.05, 3.63) is 41.8 Å². The third-order valence-corrected chi connectivity index (χ3v) is 5.10. The van der Waals surface area contributed by atoms with E-state index in [1.54, 1.807) is 0 Å². The van der Waals surface area contributed by atoms with Crippen molar-refractivity contribution >= 4 is 16.8 Å². The van der Waals surface area contributed by atoms with Crippen molar-refractivity contribution in [3.63, 3.8) is 0 Å². The lowest BCUT2D eigenvalue weighted by Crippen LogP contribution is -3.00. The van der Waals surface area contributed by atoms with E-state index < -0.39 is 0 Å². The number of anilines is 1. The van der Waals surface area contributed by atoms with Crippen LogP contribution in [0.1, 0.15) is 0 Å². The van der Waals surface area contributed by atoms with Crippen LogP contribution in [0.15, 0.2) is 40.8 Å². The lowest BCUT2D eigenvalue weighted by atomic mass is 10.2. The molecule has 2 fully saturated rings. The first-order valence-corrected chi connectivity index (χ1v) is 9.20. The number of hydrogen-bond acceptors (Lipinski definition) is 5. The molecular formula is C20H22ClN3O3. The molecule has 27 heavy (non-hydrogen) atoms. The third-order valence-electron chi connectivity index (χ3n) is 5.10. The number of aromatic nitrogens is 1. The second-order valence-electron chi connectivity index (χ2n) is 6.72. The van der Waals surface area contributed by atoms with Gasteiger partial charge in [-0.1, -0.05) is 0 Å². The Morgan fingerprint density at radius 1 is 0.889 bits per heavy atom. The van der Waals surface area contributed by atoms with Crippen molar-refractivity contribution in [2.45, 2.75) is 0 Å². The molecule has 5 rings (SSSR count). The molecule has 2 saturated heterocycles. The maximum atomic E-state index is 6.23. The number of ether oxygens (including phenoxy) is 2. The molecule has 0 unspecified atom stereocenters. The summed E-state index contributed by atoms with van der Waals surface area (Å²) in [4.78, 5) is 7.10. The zero-order valence-electron chi connectivity index (χ0n) is 15.1. The van der Waals surface area contributed by atoms with Crippen LogP contribution in [0.5, 0.6) is 0 Å². The smallest absolute Gasteiger partial charge is 0.203 e. The zero-order valence-corrected chi connectivity index (χ0v) is 15.8. The van der Waals surface area contributed by atoms with Crippen molar-refractivity contribution in [1.29, 1.82) is 0 Å². The largest absolute Gasteiger partial charge is 1.00 e. The van der Waals surface area contributed by atoms with Gasteiger partial charge in [-0.25, -0.2) is 9.56 Å². The highest BCUT2D eigenvalue weighted by atomic mass is 35.5. The van der Waals surface area contributed by atoms with Gasteiger partial charge >= 0.3 is 0 Å². The van der Waals surface area contributed by atoms with Crippen LogP contribution in [0.4, 0.5) is 5.69 Å². The highest BCUT2D eigenvalue weighted by Gasteiger charge is 2.17. The molecule has 0 bridgehead atoms. The number of morpholine rings is 2. The van der Waals surface area contributed by atoms with Crippen molar-refractivity contribution in [2.24, 2.45) is 0 Å². The molecule has 3 heterocycles. The van der Waals surface area contributed by atoms with E-state index in [0.29, 0.717) is 0 Å². The Balaban J connectivity index is 0.00000180. The van der Waals surface area contributed by atoms with Gasteiger partial charge in [0.1, 0.15) is 24.4 Å². The first-order chi connectivity index (χ1) is 12.9. The van der Waals surface area contributed by atoms with Gasteiger partial charge in [0.15, 0.2) is 24.4 Å². The highest BCUT2D eigenvalue weighted by Crippen LogP contribution is 2.27. The number of benzene rings is 2. The molecule has 7 heteroatoms. The number of rotatable bonds is 1. The SMILES string of the molecule is [Cl-].c1cc2nc3ccc(=[N+]4CCOCC4)cc-3oc2cc1N1CCOCC1. The van der Waals surface area contributed by atoms with Crippen molar-refractivity contribution in [2.75, 3.05) is 57.5 Å². The lowest BCUT2D eigenvalue weighted by molar-refractivity contribution is -0.00000722. The van der Waals surface area contributed by atoms with Gasteiger partial charge in [-0.15, -0.1) is 0 Å². The molecular weight excluding hydrogens is 366 g/mol. The normalized spacial score (nSPS) is 17.9. The molecule has 142 valence electrons. The summed E-state index contributed by atoms with van der Waals surface area (Å²) in [5, 5.41) is 1.16. The average Bonchev–Trinajstić information content (AvgIpc) is 2.73.